The Morgan fingerprint density at radius 3 is 2.92 bits per heavy atom. The number of carbonyl (C=O) groups is 1. The van der Waals surface area contributed by atoms with Gasteiger partial charge < -0.3 is 15.5 Å². The molecule has 3 rings (SSSR count). The first kappa shape index (κ1) is 17.3. The number of rotatable bonds is 5. The van der Waals surface area contributed by atoms with Crippen LogP contribution in [0.4, 0.5) is 10.5 Å². The van der Waals surface area contributed by atoms with Gasteiger partial charge in [0.15, 0.2) is 0 Å². The molecule has 1 aromatic carbocycles. The molecule has 0 unspecified atom stereocenters. The summed E-state index contributed by atoms with van der Waals surface area (Å²) < 4.78 is 0. The van der Waals surface area contributed by atoms with E-state index in [4.69, 9.17) is 11.6 Å². The summed E-state index contributed by atoms with van der Waals surface area (Å²) in [7, 11) is 0. The van der Waals surface area contributed by atoms with Crippen LogP contribution in [0.2, 0.25) is 5.02 Å². The molecule has 1 fully saturated rings. The van der Waals surface area contributed by atoms with E-state index >= 15 is 0 Å². The van der Waals surface area contributed by atoms with Crippen molar-refractivity contribution >= 4 is 23.3 Å². The van der Waals surface area contributed by atoms with Crippen LogP contribution in [0.1, 0.15) is 12.0 Å². The molecule has 2 aromatic rings. The first-order chi connectivity index (χ1) is 12.1. The van der Waals surface area contributed by atoms with Crippen molar-refractivity contribution in [3.05, 3.63) is 57.5 Å². The van der Waals surface area contributed by atoms with Crippen LogP contribution in [0, 0.1) is 5.92 Å². The highest BCUT2D eigenvalue weighted by Gasteiger charge is 2.25. The van der Waals surface area contributed by atoms with E-state index in [2.05, 4.69) is 20.8 Å². The maximum atomic E-state index is 11.9. The fraction of sp³-hybridized carbons (Fsp3) is 0.353. The molecule has 2 amide bonds. The van der Waals surface area contributed by atoms with Gasteiger partial charge in [-0.1, -0.05) is 41.9 Å². The summed E-state index contributed by atoms with van der Waals surface area (Å²) in [5.41, 5.74) is 1.31. The van der Waals surface area contributed by atoms with Gasteiger partial charge in [-0.2, -0.15) is 5.10 Å². The highest BCUT2D eigenvalue weighted by atomic mass is 35.5. The Balaban J connectivity index is 1.45. The molecule has 25 heavy (non-hydrogen) atoms. The van der Waals surface area contributed by atoms with Gasteiger partial charge in [0.2, 0.25) is 0 Å². The van der Waals surface area contributed by atoms with Crippen molar-refractivity contribution in [2.75, 3.05) is 24.5 Å². The van der Waals surface area contributed by atoms with Crippen molar-refractivity contribution in [2.24, 2.45) is 5.92 Å². The molecule has 1 aliphatic heterocycles. The van der Waals surface area contributed by atoms with Gasteiger partial charge in [-0.3, -0.25) is 4.79 Å². The third-order valence-corrected chi connectivity index (χ3v) is 4.62. The lowest BCUT2D eigenvalue weighted by molar-refractivity contribution is 0.239. The number of amides is 2. The average molecular weight is 362 g/mol. The van der Waals surface area contributed by atoms with Crippen LogP contribution in [0.25, 0.3) is 0 Å². The second-order valence-electron chi connectivity index (χ2n) is 6.05. The van der Waals surface area contributed by atoms with Gasteiger partial charge >= 0.3 is 6.03 Å². The summed E-state index contributed by atoms with van der Waals surface area (Å²) in [6.45, 7) is 2.58. The molecule has 1 saturated heterocycles. The van der Waals surface area contributed by atoms with E-state index < -0.39 is 0 Å². The summed E-state index contributed by atoms with van der Waals surface area (Å²) in [6, 6.07) is 9.58. The Bertz CT molecular complexity index is 780. The standard InChI is InChI=1S/C17H20ClN5O2/c18-15-14(10-21-22-16(15)24)23-7-6-13(11-23)9-20-17(25)19-8-12-4-2-1-3-5-12/h1-5,10,13H,6-9,11H2,(H,22,24)(H2,19,20,25)/t13-/m0/s1. The molecule has 1 aromatic heterocycles. The minimum atomic E-state index is -0.388. The number of hydrogen-bond acceptors (Lipinski definition) is 4. The molecule has 2 heterocycles. The van der Waals surface area contributed by atoms with Crippen molar-refractivity contribution in [3.8, 4) is 0 Å². The monoisotopic (exact) mass is 361 g/mol. The summed E-state index contributed by atoms with van der Waals surface area (Å²) >= 11 is 6.04. The Kier molecular flexibility index (Phi) is 5.55. The largest absolute Gasteiger partial charge is 0.369 e. The second kappa shape index (κ2) is 8.02. The highest BCUT2D eigenvalue weighted by Crippen LogP contribution is 2.26. The number of aromatic nitrogens is 2. The summed E-state index contributed by atoms with van der Waals surface area (Å²) in [5, 5.41) is 12.0. The van der Waals surface area contributed by atoms with Crippen LogP contribution in [-0.4, -0.2) is 35.9 Å². The zero-order valence-electron chi connectivity index (χ0n) is 13.7. The molecule has 0 radical (unpaired) electrons. The number of benzene rings is 1. The molecule has 0 saturated carbocycles. The van der Waals surface area contributed by atoms with Crippen LogP contribution in [0.5, 0.6) is 0 Å². The number of urea groups is 1. The smallest absolute Gasteiger partial charge is 0.315 e. The summed E-state index contributed by atoms with van der Waals surface area (Å²) in [4.78, 5) is 25.5. The maximum absolute atomic E-state index is 11.9. The Morgan fingerprint density at radius 1 is 1.32 bits per heavy atom. The zero-order valence-corrected chi connectivity index (χ0v) is 14.4. The van der Waals surface area contributed by atoms with Gasteiger partial charge in [0.1, 0.15) is 5.02 Å². The van der Waals surface area contributed by atoms with Crippen LogP contribution >= 0.6 is 11.6 Å². The lowest BCUT2D eigenvalue weighted by atomic mass is 10.1. The van der Waals surface area contributed by atoms with Gasteiger partial charge in [0.25, 0.3) is 5.56 Å². The number of nitrogens with zero attached hydrogens (tertiary/aromatic N) is 2. The van der Waals surface area contributed by atoms with Gasteiger partial charge in [-0.25, -0.2) is 9.89 Å². The Labute approximate surface area is 150 Å². The molecule has 8 heteroatoms. The molecule has 1 aliphatic rings. The molecule has 0 spiro atoms. The van der Waals surface area contributed by atoms with Gasteiger partial charge in [-0.15, -0.1) is 0 Å². The minimum Gasteiger partial charge on any atom is -0.369 e. The number of anilines is 1. The number of nitrogens with one attached hydrogen (secondary N) is 3. The number of halogens is 1. The van der Waals surface area contributed by atoms with E-state index in [-0.39, 0.29) is 16.6 Å². The Morgan fingerprint density at radius 2 is 2.12 bits per heavy atom. The van der Waals surface area contributed by atoms with E-state index in [1.165, 1.54) is 0 Å². The van der Waals surface area contributed by atoms with Crippen LogP contribution in [0.3, 0.4) is 0 Å². The van der Waals surface area contributed by atoms with Crippen molar-refractivity contribution in [3.63, 3.8) is 0 Å². The third kappa shape index (κ3) is 4.51. The SMILES string of the molecule is O=C(NCc1ccccc1)NC[C@@H]1CCN(c2cn[nH]c(=O)c2Cl)C1. The number of hydrogen-bond donors (Lipinski definition) is 3. The molecule has 1 atom stereocenters. The first-order valence-electron chi connectivity index (χ1n) is 8.17. The quantitative estimate of drug-likeness (QED) is 0.756. The molecule has 132 valence electrons. The van der Waals surface area contributed by atoms with Crippen molar-refractivity contribution in [1.82, 2.24) is 20.8 Å². The number of carbonyl (C=O) groups excluding carboxylic acids is 1. The van der Waals surface area contributed by atoms with Gasteiger partial charge in [-0.05, 0) is 17.9 Å². The molecular weight excluding hydrogens is 342 g/mol. The predicted molar refractivity (Wildman–Crippen MR) is 96.9 cm³/mol. The van der Waals surface area contributed by atoms with Crippen LogP contribution in [-0.2, 0) is 6.54 Å². The number of aromatic amines is 1. The second-order valence-corrected chi connectivity index (χ2v) is 6.43. The van der Waals surface area contributed by atoms with Crippen LogP contribution < -0.4 is 21.1 Å². The van der Waals surface area contributed by atoms with Crippen LogP contribution in [0.15, 0.2) is 41.3 Å². The fourth-order valence-corrected chi connectivity index (χ4v) is 3.10. The van der Waals surface area contributed by atoms with Crippen molar-refractivity contribution in [2.45, 2.75) is 13.0 Å². The molecule has 0 aliphatic carbocycles. The molecule has 0 bridgehead atoms. The Hall–Kier alpha value is -2.54. The molecule has 3 N–H and O–H groups in total. The van der Waals surface area contributed by atoms with E-state index in [0.717, 1.165) is 25.1 Å². The summed E-state index contributed by atoms with van der Waals surface area (Å²) in [5.74, 6) is 0.304. The van der Waals surface area contributed by atoms with E-state index in [1.807, 2.05) is 35.2 Å². The van der Waals surface area contributed by atoms with Crippen molar-refractivity contribution in [1.29, 1.82) is 0 Å². The van der Waals surface area contributed by atoms with Crippen molar-refractivity contribution < 1.29 is 4.79 Å². The fourth-order valence-electron chi connectivity index (χ4n) is 2.89. The van der Waals surface area contributed by atoms with E-state index in [0.29, 0.717) is 24.7 Å². The normalized spacial score (nSPS) is 16.7. The molecular formula is C17H20ClN5O2. The van der Waals surface area contributed by atoms with Gasteiger partial charge in [0.05, 0.1) is 11.9 Å². The minimum absolute atomic E-state index is 0.157. The lowest BCUT2D eigenvalue weighted by Crippen LogP contribution is -2.38. The van der Waals surface area contributed by atoms with Gasteiger partial charge in [0, 0.05) is 26.2 Å². The lowest BCUT2D eigenvalue weighted by Gasteiger charge is -2.19. The topological polar surface area (TPSA) is 90.1 Å². The zero-order chi connectivity index (χ0) is 17.6. The maximum Gasteiger partial charge on any atom is 0.315 e. The third-order valence-electron chi connectivity index (χ3n) is 4.25. The first-order valence-corrected chi connectivity index (χ1v) is 8.55. The highest BCUT2D eigenvalue weighted by molar-refractivity contribution is 6.33. The number of H-pyrrole nitrogens is 1. The average Bonchev–Trinajstić information content (AvgIpc) is 3.10. The predicted octanol–water partition coefficient (Wildman–Crippen LogP) is 1.75. The van der Waals surface area contributed by atoms with E-state index in [9.17, 15) is 9.59 Å². The van der Waals surface area contributed by atoms with E-state index in [1.54, 1.807) is 6.20 Å². The summed E-state index contributed by atoms with van der Waals surface area (Å²) in [6.07, 6.45) is 2.48. The molecule has 7 nitrogen and oxygen atoms in total.